The number of hydrogen-bond donors (Lipinski definition) is 2. The Morgan fingerprint density at radius 1 is 1.31 bits per heavy atom. The van der Waals surface area contributed by atoms with E-state index in [-0.39, 0.29) is 11.6 Å². The highest BCUT2D eigenvalue weighted by Gasteiger charge is 2.59. The molecule has 1 aromatic heterocycles. The van der Waals surface area contributed by atoms with Gasteiger partial charge in [0.15, 0.2) is 11.6 Å². The van der Waals surface area contributed by atoms with Gasteiger partial charge in [0.2, 0.25) is 0 Å². The molecule has 1 saturated heterocycles. The molecule has 1 aromatic rings. The number of aromatic nitrogens is 1. The third kappa shape index (κ3) is 4.45. The number of aliphatic imine (C=N–C) groups is 1. The first-order valence-electron chi connectivity index (χ1n) is 11.4. The number of rotatable bonds is 9. The number of nitrogens with zero attached hydrogens (tertiary/aromatic N) is 3. The second kappa shape index (κ2) is 8.59. The van der Waals surface area contributed by atoms with E-state index < -0.39 is 6.61 Å². The molecule has 174 valence electrons. The molecular weight excluding hydrogens is 416 g/mol. The summed E-state index contributed by atoms with van der Waals surface area (Å²) < 4.78 is 35.2. The first-order valence-corrected chi connectivity index (χ1v) is 11.4. The molecule has 4 aliphatic rings. The molecule has 0 bridgehead atoms. The van der Waals surface area contributed by atoms with Crippen molar-refractivity contribution < 1.29 is 18.3 Å². The lowest BCUT2D eigenvalue weighted by atomic mass is 9.98. The zero-order chi connectivity index (χ0) is 22.4. The van der Waals surface area contributed by atoms with Crippen LogP contribution in [-0.2, 0) is 4.74 Å². The van der Waals surface area contributed by atoms with E-state index in [0.717, 1.165) is 25.3 Å². The molecule has 5 rings (SSSR count). The van der Waals surface area contributed by atoms with Gasteiger partial charge in [0.25, 0.3) is 0 Å². The van der Waals surface area contributed by atoms with Crippen molar-refractivity contribution in [2.75, 3.05) is 32.5 Å². The molecule has 4 atom stereocenters. The van der Waals surface area contributed by atoms with Crippen LogP contribution in [0.5, 0.6) is 5.75 Å². The van der Waals surface area contributed by atoms with Crippen LogP contribution in [-0.4, -0.2) is 61.1 Å². The SMILES string of the molecule is COC1CN(C2C[C@@H]3C(C(C=C(N)c4cnc(N)c(OC(F)F)c4)=NCC4CC4)[C@@H]3C2)C1. The fourth-order valence-electron chi connectivity index (χ4n) is 5.29. The summed E-state index contributed by atoms with van der Waals surface area (Å²) in [7, 11) is 1.78. The van der Waals surface area contributed by atoms with Crippen LogP contribution in [0.2, 0.25) is 0 Å². The van der Waals surface area contributed by atoms with Crippen molar-refractivity contribution in [2.24, 2.45) is 34.4 Å². The van der Waals surface area contributed by atoms with Gasteiger partial charge in [-0.25, -0.2) is 4.98 Å². The Hall–Kier alpha value is -2.26. The van der Waals surface area contributed by atoms with Crippen LogP contribution in [0.3, 0.4) is 0 Å². The standard InChI is InChI=1S/C23H31F2N5O2/c1-31-15-10-30(11-15)14-5-16-17(6-14)21(16)19(28-8-12-2-3-12)7-18(26)13-4-20(32-23(24)25)22(27)29-9-13/h4,7,9,12,14-17,21,23H,2-3,5-6,8,10-11,26H2,1H3,(H2,27,29)/t14?,16-,17+,21?. The lowest BCUT2D eigenvalue weighted by Gasteiger charge is -2.43. The average Bonchev–Trinajstić information content (AvgIpc) is 3.63. The third-order valence-corrected chi connectivity index (χ3v) is 7.45. The molecule has 0 radical (unpaired) electrons. The van der Waals surface area contributed by atoms with Gasteiger partial charge >= 0.3 is 6.61 Å². The van der Waals surface area contributed by atoms with Gasteiger partial charge in [-0.1, -0.05) is 0 Å². The topological polar surface area (TPSA) is 99.0 Å². The molecule has 2 unspecified atom stereocenters. The Morgan fingerprint density at radius 2 is 2.03 bits per heavy atom. The van der Waals surface area contributed by atoms with Gasteiger partial charge in [-0.05, 0) is 55.6 Å². The predicted molar refractivity (Wildman–Crippen MR) is 118 cm³/mol. The van der Waals surface area contributed by atoms with Gasteiger partial charge in [-0.15, -0.1) is 0 Å². The van der Waals surface area contributed by atoms with E-state index in [1.165, 1.54) is 37.9 Å². The average molecular weight is 448 g/mol. The number of alkyl halides is 2. The summed E-state index contributed by atoms with van der Waals surface area (Å²) >= 11 is 0. The van der Waals surface area contributed by atoms with Gasteiger partial charge in [-0.3, -0.25) is 9.89 Å². The molecule has 4 fully saturated rings. The predicted octanol–water partition coefficient (Wildman–Crippen LogP) is 2.77. The maximum absolute atomic E-state index is 12.6. The number of fused-ring (bicyclic) bond motifs is 1. The van der Waals surface area contributed by atoms with Crippen LogP contribution in [0.1, 0.15) is 31.2 Å². The van der Waals surface area contributed by atoms with Gasteiger partial charge in [-0.2, -0.15) is 8.78 Å². The van der Waals surface area contributed by atoms with Crippen LogP contribution < -0.4 is 16.2 Å². The van der Waals surface area contributed by atoms with Crippen molar-refractivity contribution in [1.82, 2.24) is 9.88 Å². The second-order valence-corrected chi connectivity index (χ2v) is 9.58. The fraction of sp³-hybridized carbons (Fsp3) is 0.652. The fourth-order valence-corrected chi connectivity index (χ4v) is 5.29. The smallest absolute Gasteiger partial charge is 0.387 e. The molecule has 0 aromatic carbocycles. The third-order valence-electron chi connectivity index (χ3n) is 7.45. The number of nitrogen functional groups attached to an aromatic ring is 1. The first-order chi connectivity index (χ1) is 15.4. The quantitative estimate of drug-likeness (QED) is 0.565. The summed E-state index contributed by atoms with van der Waals surface area (Å²) in [5, 5.41) is 0. The van der Waals surface area contributed by atoms with E-state index in [1.54, 1.807) is 7.11 Å². The number of pyridine rings is 1. The minimum absolute atomic E-state index is 0.0889. The van der Waals surface area contributed by atoms with Crippen LogP contribution in [0, 0.1) is 23.7 Å². The van der Waals surface area contributed by atoms with Gasteiger partial charge in [0, 0.05) is 61.9 Å². The Kier molecular flexibility index (Phi) is 5.79. The summed E-state index contributed by atoms with van der Waals surface area (Å²) in [6.07, 6.45) is 8.63. The van der Waals surface area contributed by atoms with E-state index in [2.05, 4.69) is 14.6 Å². The van der Waals surface area contributed by atoms with E-state index in [1.807, 2.05) is 6.08 Å². The van der Waals surface area contributed by atoms with Crippen molar-refractivity contribution in [2.45, 2.75) is 44.4 Å². The van der Waals surface area contributed by atoms with Crippen LogP contribution in [0.25, 0.3) is 5.70 Å². The molecule has 7 nitrogen and oxygen atoms in total. The molecule has 9 heteroatoms. The van der Waals surface area contributed by atoms with Gasteiger partial charge in [0.1, 0.15) is 0 Å². The number of nitrogens with two attached hydrogens (primary N) is 2. The normalized spacial score (nSPS) is 31.0. The molecule has 32 heavy (non-hydrogen) atoms. The molecule has 0 amide bonds. The highest BCUT2D eigenvalue weighted by Crippen LogP contribution is 2.59. The van der Waals surface area contributed by atoms with Crippen LogP contribution >= 0.6 is 0 Å². The van der Waals surface area contributed by atoms with Gasteiger partial charge in [0.05, 0.1) is 6.10 Å². The Balaban J connectivity index is 1.29. The highest BCUT2D eigenvalue weighted by molar-refractivity contribution is 6.04. The van der Waals surface area contributed by atoms with E-state index in [9.17, 15) is 8.78 Å². The lowest BCUT2D eigenvalue weighted by molar-refractivity contribution is -0.0517. The summed E-state index contributed by atoms with van der Waals surface area (Å²) in [4.78, 5) is 11.4. The molecule has 0 spiro atoms. The number of allylic oxidation sites excluding steroid dienone is 1. The molecular formula is C23H31F2N5O2. The zero-order valence-electron chi connectivity index (χ0n) is 18.3. The molecule has 4 N–H and O–H groups in total. The number of hydrogen-bond acceptors (Lipinski definition) is 7. The van der Waals surface area contributed by atoms with Crippen molar-refractivity contribution in [1.29, 1.82) is 0 Å². The maximum Gasteiger partial charge on any atom is 0.387 e. The van der Waals surface area contributed by atoms with E-state index in [0.29, 0.717) is 47.1 Å². The minimum atomic E-state index is -2.97. The highest BCUT2D eigenvalue weighted by atomic mass is 19.3. The monoisotopic (exact) mass is 447 g/mol. The Morgan fingerprint density at radius 3 is 2.66 bits per heavy atom. The van der Waals surface area contributed by atoms with Crippen molar-refractivity contribution in [3.05, 3.63) is 23.9 Å². The number of likely N-dealkylation sites (tertiary alicyclic amines) is 1. The van der Waals surface area contributed by atoms with E-state index in [4.69, 9.17) is 21.2 Å². The number of methoxy groups -OCH3 is 1. The summed E-state index contributed by atoms with van der Waals surface area (Å²) in [6.45, 7) is -0.0682. The summed E-state index contributed by atoms with van der Waals surface area (Å²) in [5.74, 6) is 2.15. The Labute approximate surface area is 186 Å². The Bertz CT molecular complexity index is 902. The number of halogens is 2. The number of ether oxygens (including phenoxy) is 2. The second-order valence-electron chi connectivity index (χ2n) is 9.58. The molecule has 2 heterocycles. The summed E-state index contributed by atoms with van der Waals surface area (Å²) in [5.41, 5.74) is 14.0. The van der Waals surface area contributed by atoms with Crippen molar-refractivity contribution in [3.8, 4) is 5.75 Å². The maximum atomic E-state index is 12.6. The van der Waals surface area contributed by atoms with Crippen molar-refractivity contribution in [3.63, 3.8) is 0 Å². The number of anilines is 1. The van der Waals surface area contributed by atoms with Crippen LogP contribution in [0.15, 0.2) is 23.3 Å². The largest absolute Gasteiger partial charge is 0.431 e. The molecule has 3 saturated carbocycles. The lowest BCUT2D eigenvalue weighted by Crippen LogP contribution is -2.55. The zero-order valence-corrected chi connectivity index (χ0v) is 18.3. The summed E-state index contributed by atoms with van der Waals surface area (Å²) in [6, 6.07) is 2.06. The van der Waals surface area contributed by atoms with Gasteiger partial charge < -0.3 is 20.9 Å². The minimum Gasteiger partial charge on any atom is -0.431 e. The van der Waals surface area contributed by atoms with E-state index >= 15 is 0 Å². The van der Waals surface area contributed by atoms with Crippen LogP contribution in [0.4, 0.5) is 14.6 Å². The van der Waals surface area contributed by atoms with Crippen molar-refractivity contribution >= 4 is 17.2 Å². The molecule has 3 aliphatic carbocycles. The molecule has 1 aliphatic heterocycles. The first kappa shape index (κ1) is 21.6.